The molecule has 5 nitrogen and oxygen atoms in total. The summed E-state index contributed by atoms with van der Waals surface area (Å²) in [7, 11) is -2.08. The second-order valence-electron chi connectivity index (χ2n) is 3.43. The Balaban J connectivity index is 2.74. The van der Waals surface area contributed by atoms with Gasteiger partial charge in [-0.05, 0) is 6.07 Å². The topological polar surface area (TPSA) is 81.4 Å². The molecule has 0 fully saturated rings. The van der Waals surface area contributed by atoms with Crippen LogP contribution in [0, 0.1) is 23.2 Å². The first-order valence-corrected chi connectivity index (χ1v) is 7.46. The van der Waals surface area contributed by atoms with Crippen LogP contribution >= 0.6 is 11.3 Å². The molecule has 0 aliphatic carbocycles. The average molecular weight is 284 g/mol. The normalized spacial score (nSPS) is 10.8. The van der Waals surface area contributed by atoms with Crippen molar-refractivity contribution in [2.75, 3.05) is 19.4 Å². The predicted octanol–water partition coefficient (Wildman–Crippen LogP) is 0.377. The van der Waals surface area contributed by atoms with Crippen LogP contribution in [-0.2, 0) is 16.6 Å². The highest BCUT2D eigenvalue weighted by atomic mass is 32.2. The van der Waals surface area contributed by atoms with Crippen LogP contribution in [0.1, 0.15) is 10.4 Å². The minimum absolute atomic E-state index is 0.207. The summed E-state index contributed by atoms with van der Waals surface area (Å²) >= 11 is 1.39. The maximum Gasteiger partial charge on any atom is 0.227 e. The number of aliphatic hydroxyl groups excluding tert-OH is 1. The molecule has 0 spiro atoms. The van der Waals surface area contributed by atoms with Crippen LogP contribution in [0.2, 0.25) is 0 Å². The van der Waals surface area contributed by atoms with E-state index in [1.807, 2.05) is 0 Å². The molecule has 1 heterocycles. The summed E-state index contributed by atoms with van der Waals surface area (Å²) in [6.07, 6.45) is 0. The van der Waals surface area contributed by atoms with Crippen LogP contribution < -0.4 is 0 Å². The molecule has 7 heteroatoms. The largest absolute Gasteiger partial charge is 0.384 e. The van der Waals surface area contributed by atoms with Crippen LogP contribution in [0.4, 0.5) is 0 Å². The molecular weight excluding hydrogens is 272 g/mol. The van der Waals surface area contributed by atoms with E-state index in [1.54, 1.807) is 17.5 Å². The Morgan fingerprint density at radius 1 is 1.56 bits per heavy atom. The molecule has 0 amide bonds. The van der Waals surface area contributed by atoms with Gasteiger partial charge in [0.15, 0.2) is 5.75 Å². The van der Waals surface area contributed by atoms with Crippen molar-refractivity contribution >= 4 is 21.4 Å². The third kappa shape index (κ3) is 4.13. The van der Waals surface area contributed by atoms with Crippen LogP contribution in [0.3, 0.4) is 0 Å². The van der Waals surface area contributed by atoms with Crippen molar-refractivity contribution in [3.05, 3.63) is 21.9 Å². The second-order valence-corrected chi connectivity index (χ2v) is 6.50. The second kappa shape index (κ2) is 6.53. The fourth-order valence-corrected chi connectivity index (χ4v) is 2.85. The molecule has 0 aliphatic heterocycles. The van der Waals surface area contributed by atoms with Crippen LogP contribution in [0.5, 0.6) is 0 Å². The van der Waals surface area contributed by atoms with Gasteiger partial charge >= 0.3 is 0 Å². The van der Waals surface area contributed by atoms with E-state index in [2.05, 4.69) is 11.8 Å². The molecule has 1 rings (SSSR count). The highest BCUT2D eigenvalue weighted by Crippen LogP contribution is 2.17. The van der Waals surface area contributed by atoms with Gasteiger partial charge in [-0.2, -0.15) is 9.57 Å². The molecule has 0 saturated carbocycles. The fourth-order valence-electron chi connectivity index (χ4n) is 1.18. The van der Waals surface area contributed by atoms with Crippen molar-refractivity contribution in [1.82, 2.24) is 4.31 Å². The lowest BCUT2D eigenvalue weighted by atomic mass is 10.3. The van der Waals surface area contributed by atoms with Gasteiger partial charge in [-0.25, -0.2) is 8.42 Å². The van der Waals surface area contributed by atoms with E-state index in [1.165, 1.54) is 18.4 Å². The van der Waals surface area contributed by atoms with Gasteiger partial charge in [-0.3, -0.25) is 0 Å². The van der Waals surface area contributed by atoms with Gasteiger partial charge in [0.2, 0.25) is 10.0 Å². The van der Waals surface area contributed by atoms with Crippen molar-refractivity contribution in [3.63, 3.8) is 0 Å². The third-order valence-electron chi connectivity index (χ3n) is 2.07. The van der Waals surface area contributed by atoms with Crippen molar-refractivity contribution in [2.45, 2.75) is 6.54 Å². The van der Waals surface area contributed by atoms with Gasteiger partial charge in [0.1, 0.15) is 6.61 Å². The van der Waals surface area contributed by atoms with E-state index in [0.29, 0.717) is 0 Å². The predicted molar refractivity (Wildman–Crippen MR) is 69.1 cm³/mol. The number of aliphatic hydroxyl groups is 1. The number of hydrogen-bond donors (Lipinski definition) is 1. The van der Waals surface area contributed by atoms with Gasteiger partial charge in [-0.15, -0.1) is 11.3 Å². The fraction of sp³-hybridized carbons (Fsp3) is 0.364. The summed E-state index contributed by atoms with van der Waals surface area (Å²) in [5.41, 5.74) is 0.745. The summed E-state index contributed by atoms with van der Waals surface area (Å²) in [6.45, 7) is 0.0110. The summed E-state index contributed by atoms with van der Waals surface area (Å²) in [4.78, 5) is 0.834. The van der Waals surface area contributed by atoms with Gasteiger partial charge in [0.05, 0.1) is 6.07 Å². The highest BCUT2D eigenvalue weighted by Gasteiger charge is 2.17. The van der Waals surface area contributed by atoms with Gasteiger partial charge < -0.3 is 5.11 Å². The number of hydrogen-bond acceptors (Lipinski definition) is 5. The van der Waals surface area contributed by atoms with E-state index < -0.39 is 15.8 Å². The Labute approximate surface area is 110 Å². The molecule has 0 saturated heterocycles. The van der Waals surface area contributed by atoms with Gasteiger partial charge in [-0.1, -0.05) is 11.8 Å². The molecule has 0 aliphatic rings. The van der Waals surface area contributed by atoms with E-state index in [-0.39, 0.29) is 13.2 Å². The number of nitrogens with zero attached hydrogens (tertiary/aromatic N) is 2. The van der Waals surface area contributed by atoms with E-state index in [4.69, 9.17) is 10.4 Å². The van der Waals surface area contributed by atoms with Crippen molar-refractivity contribution in [1.29, 1.82) is 5.26 Å². The number of rotatable bonds is 4. The zero-order valence-corrected chi connectivity index (χ0v) is 11.4. The van der Waals surface area contributed by atoms with Gasteiger partial charge in [0, 0.05) is 29.4 Å². The van der Waals surface area contributed by atoms with Crippen LogP contribution in [0.25, 0.3) is 0 Å². The molecule has 0 aromatic carbocycles. The maximum atomic E-state index is 11.6. The molecule has 0 bridgehead atoms. The third-order valence-corrected chi connectivity index (χ3v) is 4.56. The first-order chi connectivity index (χ1) is 8.49. The molecule has 0 unspecified atom stereocenters. The van der Waals surface area contributed by atoms with Crippen LogP contribution in [-0.4, -0.2) is 37.2 Å². The van der Waals surface area contributed by atoms with E-state index in [0.717, 1.165) is 14.7 Å². The lowest BCUT2D eigenvalue weighted by Gasteiger charge is -2.13. The SMILES string of the molecule is CN(Cc1cc(C#CCO)cs1)S(=O)(=O)CC#N. The smallest absolute Gasteiger partial charge is 0.227 e. The Kier molecular flexibility index (Phi) is 5.32. The Hall–Kier alpha value is -1.38. The van der Waals surface area contributed by atoms with Crippen LogP contribution in [0.15, 0.2) is 11.4 Å². The Bertz CT molecular complexity index is 602. The minimum atomic E-state index is -3.51. The molecule has 1 aromatic heterocycles. The zero-order valence-electron chi connectivity index (χ0n) is 9.75. The Morgan fingerprint density at radius 3 is 2.89 bits per heavy atom. The first kappa shape index (κ1) is 14.7. The molecular formula is C11H12N2O3S2. The Morgan fingerprint density at radius 2 is 2.28 bits per heavy atom. The zero-order chi connectivity index (χ0) is 13.6. The van der Waals surface area contributed by atoms with E-state index >= 15 is 0 Å². The van der Waals surface area contributed by atoms with E-state index in [9.17, 15) is 8.42 Å². The summed E-state index contributed by atoms with van der Waals surface area (Å²) in [6, 6.07) is 3.40. The average Bonchev–Trinajstić information content (AvgIpc) is 2.74. The van der Waals surface area contributed by atoms with Crippen molar-refractivity contribution in [3.8, 4) is 17.9 Å². The molecule has 0 radical (unpaired) electrons. The summed E-state index contributed by atoms with van der Waals surface area (Å²) < 4.78 is 24.3. The number of sulfonamides is 1. The summed E-state index contributed by atoms with van der Waals surface area (Å²) in [5, 5.41) is 18.8. The number of thiophene rings is 1. The number of nitriles is 1. The molecule has 0 atom stereocenters. The van der Waals surface area contributed by atoms with Crippen molar-refractivity contribution in [2.24, 2.45) is 0 Å². The monoisotopic (exact) mass is 284 g/mol. The lowest BCUT2D eigenvalue weighted by molar-refractivity contribution is 0.350. The first-order valence-electron chi connectivity index (χ1n) is 4.97. The summed E-state index contributed by atoms with van der Waals surface area (Å²) in [5.74, 6) is 4.74. The molecule has 1 N–H and O–H groups in total. The molecule has 96 valence electrons. The van der Waals surface area contributed by atoms with Crippen molar-refractivity contribution < 1.29 is 13.5 Å². The highest BCUT2D eigenvalue weighted by molar-refractivity contribution is 7.89. The quantitative estimate of drug-likeness (QED) is 0.810. The standard InChI is InChI=1S/C11H12N2O3S2/c1-13(18(15,16)6-4-12)8-11-7-10(9-17-11)3-2-5-14/h7,9,14H,5-6,8H2,1H3. The van der Waals surface area contributed by atoms with Gasteiger partial charge in [0.25, 0.3) is 0 Å². The molecule has 1 aromatic rings. The maximum absolute atomic E-state index is 11.6. The lowest BCUT2D eigenvalue weighted by Crippen LogP contribution is -2.27. The molecule has 18 heavy (non-hydrogen) atoms. The minimum Gasteiger partial charge on any atom is -0.384 e.